The summed E-state index contributed by atoms with van der Waals surface area (Å²) in [5, 5.41) is 26.3. The lowest BCUT2D eigenvalue weighted by Gasteiger charge is -2.27. The van der Waals surface area contributed by atoms with Gasteiger partial charge in [0.25, 0.3) is 0 Å². The predicted octanol–water partition coefficient (Wildman–Crippen LogP) is 5.53. The number of thioether (sulfide) groups is 1. The summed E-state index contributed by atoms with van der Waals surface area (Å²) in [6.07, 6.45) is 5.45. The topological polar surface area (TPSA) is 71.1 Å². The number of benzene rings is 2. The van der Waals surface area contributed by atoms with E-state index in [1.807, 2.05) is 35.0 Å². The van der Waals surface area contributed by atoms with Crippen LogP contribution in [-0.4, -0.2) is 32.8 Å². The molecule has 1 aliphatic rings. The van der Waals surface area contributed by atoms with Gasteiger partial charge in [-0.2, -0.15) is 10.4 Å². The molecular formula is C24H27N3O2S. The Balaban J connectivity index is 1.93. The number of aliphatic hydroxyl groups is 1. The standard InChI is InChI=1S/C24H27N3O2S/c1-24(2,11-13-28)30-21-15-17-7-3-4-8-18(17)19(16-25)23(21)20-10-12-26-27(20)22-9-5-6-14-29-22/h3-4,7-8,10,12,15,22,28H,5-6,9,11,13-14H2,1-2H3. The quantitative estimate of drug-likeness (QED) is 0.530. The molecule has 1 aliphatic heterocycles. The minimum Gasteiger partial charge on any atom is -0.396 e. The first-order valence-electron chi connectivity index (χ1n) is 10.5. The van der Waals surface area contributed by atoms with Crippen LogP contribution in [-0.2, 0) is 4.74 Å². The van der Waals surface area contributed by atoms with Crippen LogP contribution in [0.1, 0.15) is 51.3 Å². The molecule has 0 bridgehead atoms. The third-order valence-corrected chi connectivity index (χ3v) is 6.88. The van der Waals surface area contributed by atoms with Gasteiger partial charge in [0.1, 0.15) is 6.07 Å². The molecule has 1 N–H and O–H groups in total. The predicted molar refractivity (Wildman–Crippen MR) is 120 cm³/mol. The largest absolute Gasteiger partial charge is 0.396 e. The number of nitrogens with zero attached hydrogens (tertiary/aromatic N) is 3. The molecule has 30 heavy (non-hydrogen) atoms. The fourth-order valence-electron chi connectivity index (χ4n) is 4.05. The first-order valence-corrected chi connectivity index (χ1v) is 11.3. The highest BCUT2D eigenvalue weighted by atomic mass is 32.2. The summed E-state index contributed by atoms with van der Waals surface area (Å²) < 4.78 is 7.76. The zero-order valence-corrected chi connectivity index (χ0v) is 18.3. The molecule has 4 rings (SSSR count). The highest BCUT2D eigenvalue weighted by Gasteiger charge is 2.27. The summed E-state index contributed by atoms with van der Waals surface area (Å²) in [6.45, 7) is 5.11. The molecule has 0 amide bonds. The van der Waals surface area contributed by atoms with Gasteiger partial charge >= 0.3 is 0 Å². The maximum Gasteiger partial charge on any atom is 0.150 e. The number of hydrogen-bond donors (Lipinski definition) is 1. The van der Waals surface area contributed by atoms with Crippen molar-refractivity contribution in [2.24, 2.45) is 0 Å². The third kappa shape index (κ3) is 4.11. The van der Waals surface area contributed by atoms with Crippen molar-refractivity contribution in [1.82, 2.24) is 9.78 Å². The Morgan fingerprint density at radius 1 is 1.30 bits per heavy atom. The van der Waals surface area contributed by atoms with E-state index in [1.165, 1.54) is 0 Å². The number of ether oxygens (including phenoxy) is 1. The SMILES string of the molecule is CC(C)(CCO)Sc1cc2ccccc2c(C#N)c1-c1ccnn1C1CCCCO1. The molecule has 0 saturated carbocycles. The number of nitriles is 1. The normalized spacial score (nSPS) is 17.2. The van der Waals surface area contributed by atoms with Gasteiger partial charge in [-0.1, -0.05) is 38.1 Å². The number of rotatable bonds is 6. The van der Waals surface area contributed by atoms with Gasteiger partial charge in [0, 0.05) is 40.0 Å². The van der Waals surface area contributed by atoms with E-state index in [-0.39, 0.29) is 17.6 Å². The van der Waals surface area contributed by atoms with Crippen molar-refractivity contribution in [3.8, 4) is 17.3 Å². The smallest absolute Gasteiger partial charge is 0.150 e. The van der Waals surface area contributed by atoms with Crippen molar-refractivity contribution in [3.63, 3.8) is 0 Å². The second-order valence-corrected chi connectivity index (χ2v) is 10.0. The first-order chi connectivity index (χ1) is 14.5. The van der Waals surface area contributed by atoms with Crippen LogP contribution >= 0.6 is 11.8 Å². The van der Waals surface area contributed by atoms with Crippen molar-refractivity contribution in [2.75, 3.05) is 13.2 Å². The molecular weight excluding hydrogens is 394 g/mol. The zero-order chi connectivity index (χ0) is 21.1. The maximum atomic E-state index is 10.2. The molecule has 2 heterocycles. The van der Waals surface area contributed by atoms with E-state index in [0.717, 1.165) is 52.8 Å². The lowest BCUT2D eigenvalue weighted by atomic mass is 9.97. The highest BCUT2D eigenvalue weighted by Crippen LogP contribution is 2.45. The van der Waals surface area contributed by atoms with E-state index in [1.54, 1.807) is 18.0 Å². The molecule has 0 aliphatic carbocycles. The van der Waals surface area contributed by atoms with Gasteiger partial charge in [0.15, 0.2) is 6.23 Å². The fourth-order valence-corrected chi connectivity index (χ4v) is 5.33. The number of aliphatic hydroxyl groups excluding tert-OH is 1. The molecule has 0 spiro atoms. The first kappa shape index (κ1) is 20.9. The number of hydrogen-bond acceptors (Lipinski definition) is 5. The lowest BCUT2D eigenvalue weighted by molar-refractivity contribution is -0.0383. The van der Waals surface area contributed by atoms with Gasteiger partial charge in [0.2, 0.25) is 0 Å². The molecule has 156 valence electrons. The highest BCUT2D eigenvalue weighted by molar-refractivity contribution is 8.00. The summed E-state index contributed by atoms with van der Waals surface area (Å²) in [5.74, 6) is 0. The minimum absolute atomic E-state index is 0.106. The van der Waals surface area contributed by atoms with Gasteiger partial charge in [-0.15, -0.1) is 11.8 Å². The summed E-state index contributed by atoms with van der Waals surface area (Å²) in [4.78, 5) is 1.03. The lowest BCUT2D eigenvalue weighted by Crippen LogP contribution is -2.20. The molecule has 5 nitrogen and oxygen atoms in total. The number of fused-ring (bicyclic) bond motifs is 1. The maximum absolute atomic E-state index is 10.2. The summed E-state index contributed by atoms with van der Waals surface area (Å²) in [5.41, 5.74) is 2.47. The van der Waals surface area contributed by atoms with Gasteiger partial charge < -0.3 is 9.84 Å². The molecule has 1 saturated heterocycles. The van der Waals surface area contributed by atoms with E-state index < -0.39 is 0 Å². The van der Waals surface area contributed by atoms with Crippen LogP contribution in [0.25, 0.3) is 22.0 Å². The van der Waals surface area contributed by atoms with E-state index >= 15 is 0 Å². The van der Waals surface area contributed by atoms with Crippen LogP contribution in [0.3, 0.4) is 0 Å². The summed E-state index contributed by atoms with van der Waals surface area (Å²) >= 11 is 1.70. The van der Waals surface area contributed by atoms with Crippen molar-refractivity contribution in [3.05, 3.63) is 48.2 Å². The Hall–Kier alpha value is -2.33. The Kier molecular flexibility index (Phi) is 6.14. The van der Waals surface area contributed by atoms with Crippen LogP contribution in [0.5, 0.6) is 0 Å². The zero-order valence-electron chi connectivity index (χ0n) is 17.5. The molecule has 2 aromatic carbocycles. The Morgan fingerprint density at radius 3 is 2.87 bits per heavy atom. The fraction of sp³-hybridized carbons (Fsp3) is 0.417. The molecule has 1 fully saturated rings. The van der Waals surface area contributed by atoms with Crippen molar-refractivity contribution < 1.29 is 9.84 Å². The molecule has 3 aromatic rings. The van der Waals surface area contributed by atoms with Crippen molar-refractivity contribution >= 4 is 22.5 Å². The summed E-state index contributed by atoms with van der Waals surface area (Å²) in [6, 6.07) is 14.6. The van der Waals surface area contributed by atoms with Crippen LogP contribution in [0.2, 0.25) is 0 Å². The Morgan fingerprint density at radius 2 is 2.13 bits per heavy atom. The molecule has 6 heteroatoms. The monoisotopic (exact) mass is 421 g/mol. The van der Waals surface area contributed by atoms with Gasteiger partial charge in [0.05, 0.1) is 11.3 Å². The number of aromatic nitrogens is 2. The van der Waals surface area contributed by atoms with E-state index in [0.29, 0.717) is 12.0 Å². The summed E-state index contributed by atoms with van der Waals surface area (Å²) in [7, 11) is 0. The van der Waals surface area contributed by atoms with Gasteiger partial charge in [-0.25, -0.2) is 4.68 Å². The van der Waals surface area contributed by atoms with Crippen LogP contribution in [0.15, 0.2) is 47.5 Å². The Bertz CT molecular complexity index is 1080. The average Bonchev–Trinajstić information content (AvgIpc) is 3.22. The van der Waals surface area contributed by atoms with Crippen LogP contribution in [0, 0.1) is 11.3 Å². The van der Waals surface area contributed by atoms with Crippen molar-refractivity contribution in [2.45, 2.75) is 55.4 Å². The third-order valence-electron chi connectivity index (χ3n) is 5.58. The minimum atomic E-state index is -0.176. The molecule has 1 aromatic heterocycles. The Labute approximate surface area is 181 Å². The second kappa shape index (κ2) is 8.81. The van der Waals surface area contributed by atoms with Crippen LogP contribution < -0.4 is 0 Å². The van der Waals surface area contributed by atoms with E-state index in [4.69, 9.17) is 4.74 Å². The molecule has 1 atom stereocenters. The van der Waals surface area contributed by atoms with E-state index in [2.05, 4.69) is 31.1 Å². The van der Waals surface area contributed by atoms with Crippen LogP contribution in [0.4, 0.5) is 0 Å². The second-order valence-electron chi connectivity index (χ2n) is 8.28. The van der Waals surface area contributed by atoms with Crippen molar-refractivity contribution in [1.29, 1.82) is 5.26 Å². The molecule has 1 unspecified atom stereocenters. The average molecular weight is 422 g/mol. The molecule has 0 radical (unpaired) electrons. The van der Waals surface area contributed by atoms with E-state index in [9.17, 15) is 10.4 Å². The van der Waals surface area contributed by atoms with Gasteiger partial charge in [-0.05, 0) is 43.2 Å². The van der Waals surface area contributed by atoms with Gasteiger partial charge in [-0.3, -0.25) is 0 Å².